The number of imide groups is 2. The van der Waals surface area contributed by atoms with E-state index in [1.165, 1.54) is 12.1 Å². The molecule has 0 fully saturated rings. The van der Waals surface area contributed by atoms with Crippen LogP contribution in [0.25, 0.3) is 0 Å². The van der Waals surface area contributed by atoms with Crippen LogP contribution in [-0.4, -0.2) is 23.6 Å². The number of anilines is 2. The average Bonchev–Trinajstić information content (AvgIpc) is 3.28. The molecule has 4 amide bonds. The number of rotatable bonds is 4. The Morgan fingerprint density at radius 3 is 1.19 bits per heavy atom. The molecular formula is C29H16Cl2N2O4. The number of benzene rings is 4. The van der Waals surface area contributed by atoms with Crippen molar-refractivity contribution in [2.45, 2.75) is 6.42 Å². The normalized spacial score (nSPS) is 14.4. The monoisotopic (exact) mass is 526 g/mol. The van der Waals surface area contributed by atoms with E-state index in [1.807, 2.05) is 24.3 Å². The van der Waals surface area contributed by atoms with E-state index in [2.05, 4.69) is 0 Å². The first kappa shape index (κ1) is 23.2. The van der Waals surface area contributed by atoms with Gasteiger partial charge >= 0.3 is 0 Å². The Bertz CT molecular complexity index is 1520. The molecule has 0 radical (unpaired) electrons. The largest absolute Gasteiger partial charge is 0.268 e. The van der Waals surface area contributed by atoms with Gasteiger partial charge in [0.25, 0.3) is 23.6 Å². The molecule has 180 valence electrons. The molecule has 0 saturated carbocycles. The average molecular weight is 527 g/mol. The van der Waals surface area contributed by atoms with Gasteiger partial charge in [-0.05, 0) is 78.2 Å². The maximum absolute atomic E-state index is 12.8. The highest BCUT2D eigenvalue weighted by Crippen LogP contribution is 2.32. The fourth-order valence-corrected chi connectivity index (χ4v) is 5.00. The van der Waals surface area contributed by atoms with Crippen LogP contribution >= 0.6 is 23.2 Å². The number of carbonyl (C=O) groups is 4. The molecule has 0 N–H and O–H groups in total. The summed E-state index contributed by atoms with van der Waals surface area (Å²) in [7, 11) is 0. The predicted molar refractivity (Wildman–Crippen MR) is 141 cm³/mol. The first-order valence-corrected chi connectivity index (χ1v) is 12.1. The zero-order chi connectivity index (χ0) is 25.8. The molecule has 0 spiro atoms. The van der Waals surface area contributed by atoms with Gasteiger partial charge in [-0.25, -0.2) is 9.80 Å². The van der Waals surface area contributed by atoms with Crippen LogP contribution in [0, 0.1) is 0 Å². The smallest absolute Gasteiger partial charge is 0.266 e. The molecule has 6 rings (SSSR count). The Hall–Kier alpha value is -4.26. The molecule has 4 aromatic carbocycles. The highest BCUT2D eigenvalue weighted by molar-refractivity contribution is 6.37. The SMILES string of the molecule is O=C1c2ccc(Cl)cc2C(=O)N1c1ccc(Cc2ccc(N3C(=O)c4ccc(Cl)cc4C3=O)cc2)cc1. The third-order valence-electron chi connectivity index (χ3n) is 6.49. The molecule has 8 heteroatoms. The van der Waals surface area contributed by atoms with Gasteiger partial charge in [-0.2, -0.15) is 0 Å². The zero-order valence-corrected chi connectivity index (χ0v) is 20.6. The lowest BCUT2D eigenvalue weighted by Crippen LogP contribution is -2.29. The van der Waals surface area contributed by atoms with E-state index in [1.54, 1.807) is 48.5 Å². The summed E-state index contributed by atoms with van der Waals surface area (Å²) in [5, 5.41) is 0.797. The quantitative estimate of drug-likeness (QED) is 0.297. The summed E-state index contributed by atoms with van der Waals surface area (Å²) >= 11 is 12.0. The molecule has 4 aromatic rings. The fourth-order valence-electron chi connectivity index (χ4n) is 4.66. The van der Waals surface area contributed by atoms with Crippen LogP contribution in [0.3, 0.4) is 0 Å². The van der Waals surface area contributed by atoms with Crippen molar-refractivity contribution in [2.24, 2.45) is 0 Å². The molecule has 0 bridgehead atoms. The Morgan fingerprint density at radius 1 is 0.459 bits per heavy atom. The Kier molecular flexibility index (Phi) is 5.44. The van der Waals surface area contributed by atoms with Crippen molar-refractivity contribution in [3.63, 3.8) is 0 Å². The second kappa shape index (κ2) is 8.69. The maximum Gasteiger partial charge on any atom is 0.266 e. The van der Waals surface area contributed by atoms with Gasteiger partial charge in [0.2, 0.25) is 0 Å². The van der Waals surface area contributed by atoms with Crippen LogP contribution in [0.15, 0.2) is 84.9 Å². The maximum atomic E-state index is 12.8. The van der Waals surface area contributed by atoms with Crippen LogP contribution in [-0.2, 0) is 6.42 Å². The lowest BCUT2D eigenvalue weighted by molar-refractivity contribution is 0.0910. The van der Waals surface area contributed by atoms with Crippen LogP contribution in [0.1, 0.15) is 52.6 Å². The van der Waals surface area contributed by atoms with Crippen molar-refractivity contribution >= 4 is 58.2 Å². The van der Waals surface area contributed by atoms with E-state index in [0.29, 0.717) is 50.1 Å². The minimum Gasteiger partial charge on any atom is -0.268 e. The van der Waals surface area contributed by atoms with E-state index < -0.39 is 11.8 Å². The van der Waals surface area contributed by atoms with E-state index >= 15 is 0 Å². The highest BCUT2D eigenvalue weighted by atomic mass is 35.5. The van der Waals surface area contributed by atoms with Crippen LogP contribution in [0.2, 0.25) is 10.0 Å². The highest BCUT2D eigenvalue weighted by Gasteiger charge is 2.37. The van der Waals surface area contributed by atoms with Gasteiger partial charge in [0.05, 0.1) is 33.6 Å². The van der Waals surface area contributed by atoms with Gasteiger partial charge in [-0.15, -0.1) is 0 Å². The Morgan fingerprint density at radius 2 is 0.811 bits per heavy atom. The van der Waals surface area contributed by atoms with Crippen molar-refractivity contribution < 1.29 is 19.2 Å². The topological polar surface area (TPSA) is 74.8 Å². The third kappa shape index (κ3) is 3.82. The summed E-state index contributed by atoms with van der Waals surface area (Å²) in [5.74, 6) is -1.56. The van der Waals surface area contributed by atoms with Crippen molar-refractivity contribution in [1.29, 1.82) is 0 Å². The number of hydrogen-bond acceptors (Lipinski definition) is 4. The van der Waals surface area contributed by atoms with Gasteiger partial charge in [0, 0.05) is 10.0 Å². The molecule has 0 saturated heterocycles. The second-order valence-electron chi connectivity index (χ2n) is 8.78. The van der Waals surface area contributed by atoms with Crippen molar-refractivity contribution in [2.75, 3.05) is 9.80 Å². The molecule has 0 unspecified atom stereocenters. The second-order valence-corrected chi connectivity index (χ2v) is 9.65. The third-order valence-corrected chi connectivity index (χ3v) is 6.96. The molecular weight excluding hydrogens is 511 g/mol. The van der Waals surface area contributed by atoms with Gasteiger partial charge in [-0.1, -0.05) is 47.5 Å². The van der Waals surface area contributed by atoms with Gasteiger partial charge in [-0.3, -0.25) is 19.2 Å². The van der Waals surface area contributed by atoms with Crippen LogP contribution in [0.4, 0.5) is 11.4 Å². The Labute approximate surface area is 221 Å². The summed E-state index contributed by atoms with van der Waals surface area (Å²) in [5.41, 5.74) is 4.14. The first-order valence-electron chi connectivity index (χ1n) is 11.4. The molecule has 0 atom stereocenters. The molecule has 2 heterocycles. The zero-order valence-electron chi connectivity index (χ0n) is 19.1. The van der Waals surface area contributed by atoms with Crippen LogP contribution in [0.5, 0.6) is 0 Å². The molecule has 2 aliphatic rings. The number of nitrogens with zero attached hydrogens (tertiary/aromatic N) is 2. The van der Waals surface area contributed by atoms with E-state index in [9.17, 15) is 19.2 Å². The molecule has 6 nitrogen and oxygen atoms in total. The molecule has 37 heavy (non-hydrogen) atoms. The minimum atomic E-state index is -0.402. The molecule has 0 aliphatic carbocycles. The molecule has 2 aliphatic heterocycles. The van der Waals surface area contributed by atoms with Gasteiger partial charge in [0.15, 0.2) is 0 Å². The minimum absolute atomic E-state index is 0.294. The van der Waals surface area contributed by atoms with Crippen LogP contribution < -0.4 is 9.80 Å². The number of hydrogen-bond donors (Lipinski definition) is 0. The summed E-state index contributed by atoms with van der Waals surface area (Å²) in [6.07, 6.45) is 0.579. The lowest BCUT2D eigenvalue weighted by Gasteiger charge is -2.15. The van der Waals surface area contributed by atoms with Gasteiger partial charge in [0.1, 0.15) is 0 Å². The number of amides is 4. The summed E-state index contributed by atoms with van der Waals surface area (Å²) < 4.78 is 0. The number of fused-ring (bicyclic) bond motifs is 2. The summed E-state index contributed by atoms with van der Waals surface area (Å²) in [4.78, 5) is 53.4. The number of halogens is 2. The van der Waals surface area contributed by atoms with Crippen molar-refractivity contribution in [3.05, 3.63) is 128 Å². The summed E-state index contributed by atoms with van der Waals surface area (Å²) in [6, 6.07) is 23.7. The molecule has 0 aromatic heterocycles. The Balaban J connectivity index is 1.18. The van der Waals surface area contributed by atoms with Crippen molar-refractivity contribution in [3.8, 4) is 0 Å². The van der Waals surface area contributed by atoms with Crippen molar-refractivity contribution in [1.82, 2.24) is 0 Å². The number of carbonyl (C=O) groups excluding carboxylic acids is 4. The van der Waals surface area contributed by atoms with E-state index in [-0.39, 0.29) is 11.8 Å². The van der Waals surface area contributed by atoms with Gasteiger partial charge < -0.3 is 0 Å². The fraction of sp³-hybridized carbons (Fsp3) is 0.0345. The first-order chi connectivity index (χ1) is 17.8. The van der Waals surface area contributed by atoms with E-state index in [0.717, 1.165) is 20.9 Å². The standard InChI is InChI=1S/C29H16Cl2N2O4/c30-18-5-11-22-24(14-18)28(36)32(26(22)34)20-7-1-16(2-8-20)13-17-3-9-21(10-4-17)33-27(35)23-12-6-19(31)15-25(23)29(33)37/h1-12,14-15H,13H2. The predicted octanol–water partition coefficient (Wildman–Crippen LogP) is 6.19. The summed E-state index contributed by atoms with van der Waals surface area (Å²) in [6.45, 7) is 0. The lowest BCUT2D eigenvalue weighted by atomic mass is 10.0. The van der Waals surface area contributed by atoms with E-state index in [4.69, 9.17) is 23.2 Å².